The minimum Gasteiger partial charge on any atom is -0.274 e. The Bertz CT molecular complexity index is 734. The van der Waals surface area contributed by atoms with Gasteiger partial charge in [-0.15, -0.1) is 0 Å². The molecular formula is C17H18N3O+. The first kappa shape index (κ1) is 13.5. The lowest BCUT2D eigenvalue weighted by Gasteiger charge is -2.02. The first-order chi connectivity index (χ1) is 10.3. The summed E-state index contributed by atoms with van der Waals surface area (Å²) in [6.45, 7) is 0.943. The van der Waals surface area contributed by atoms with Crippen LogP contribution in [0, 0.1) is 0 Å². The van der Waals surface area contributed by atoms with Gasteiger partial charge in [0.05, 0.1) is 11.0 Å². The molecule has 3 rings (SSSR count). The highest BCUT2D eigenvalue weighted by molar-refractivity contribution is 5.90. The first-order valence-electron chi connectivity index (χ1n) is 7.24. The summed E-state index contributed by atoms with van der Waals surface area (Å²) in [5.41, 5.74) is 1.76. The lowest BCUT2D eigenvalue weighted by Crippen LogP contribution is -2.32. The summed E-state index contributed by atoms with van der Waals surface area (Å²) in [7, 11) is 0. The normalized spacial score (nSPS) is 10.9. The van der Waals surface area contributed by atoms with Crippen LogP contribution in [0.25, 0.3) is 11.0 Å². The zero-order valence-corrected chi connectivity index (χ0v) is 11.9. The minimum absolute atomic E-state index is 0.113. The fraction of sp³-hybridized carbons (Fsp3) is 0.235. The van der Waals surface area contributed by atoms with Crippen LogP contribution in [-0.4, -0.2) is 15.5 Å². The number of benzene rings is 1. The third-order valence-corrected chi connectivity index (χ3v) is 3.56. The van der Waals surface area contributed by atoms with E-state index in [0.29, 0.717) is 6.42 Å². The summed E-state index contributed by atoms with van der Waals surface area (Å²) in [6.07, 6.45) is 8.14. The third-order valence-electron chi connectivity index (χ3n) is 3.56. The highest BCUT2D eigenvalue weighted by Gasteiger charge is 2.09. The second kappa shape index (κ2) is 6.31. The van der Waals surface area contributed by atoms with Crippen LogP contribution < -0.4 is 4.57 Å². The lowest BCUT2D eigenvalue weighted by atomic mass is 10.2. The number of imidazole rings is 1. The maximum atomic E-state index is 12.2. The van der Waals surface area contributed by atoms with Crippen molar-refractivity contribution in [2.45, 2.75) is 25.8 Å². The molecule has 2 aromatic heterocycles. The number of nitrogens with zero attached hydrogens (tertiary/aromatic N) is 3. The summed E-state index contributed by atoms with van der Waals surface area (Å²) >= 11 is 0. The highest BCUT2D eigenvalue weighted by atomic mass is 16.2. The van der Waals surface area contributed by atoms with E-state index in [1.807, 2.05) is 54.9 Å². The minimum atomic E-state index is 0.113. The van der Waals surface area contributed by atoms with Crippen molar-refractivity contribution in [1.29, 1.82) is 0 Å². The molecule has 0 saturated carbocycles. The van der Waals surface area contributed by atoms with Crippen LogP contribution in [0.5, 0.6) is 0 Å². The first-order valence-corrected chi connectivity index (χ1v) is 7.24. The van der Waals surface area contributed by atoms with E-state index in [1.54, 1.807) is 10.9 Å². The number of unbranched alkanes of at least 4 members (excludes halogenated alkanes) is 1. The van der Waals surface area contributed by atoms with Gasteiger partial charge in [-0.2, -0.15) is 0 Å². The maximum Gasteiger partial charge on any atom is 0.232 e. The van der Waals surface area contributed by atoms with Crippen LogP contribution in [0.3, 0.4) is 0 Å². The fourth-order valence-electron chi connectivity index (χ4n) is 2.43. The molecule has 0 aliphatic carbocycles. The largest absolute Gasteiger partial charge is 0.274 e. The highest BCUT2D eigenvalue weighted by Crippen LogP contribution is 2.13. The summed E-state index contributed by atoms with van der Waals surface area (Å²) in [6, 6.07) is 13.8. The number of hydrogen-bond acceptors (Lipinski definition) is 2. The molecule has 0 fully saturated rings. The van der Waals surface area contributed by atoms with Gasteiger partial charge >= 0.3 is 0 Å². The maximum absolute atomic E-state index is 12.2. The number of aryl methyl sites for hydroxylation is 1. The molecule has 0 bridgehead atoms. The number of carbonyl (C=O) groups is 1. The van der Waals surface area contributed by atoms with Crippen LogP contribution in [0.4, 0.5) is 0 Å². The summed E-state index contributed by atoms with van der Waals surface area (Å²) in [5, 5.41) is 0. The number of carbonyl (C=O) groups excluding carboxylic acids is 1. The number of hydrogen-bond donors (Lipinski definition) is 0. The number of rotatable bonds is 5. The standard InChI is InChI=1S/C17H18N3O/c21-17(10-4-7-13-19-11-5-1-6-12-19)20-14-18-15-8-2-3-9-16(15)20/h1-3,5-6,8-9,11-12,14H,4,7,10,13H2/q+1. The Labute approximate surface area is 123 Å². The van der Waals surface area contributed by atoms with Crippen molar-refractivity contribution >= 4 is 16.9 Å². The second-order valence-corrected chi connectivity index (χ2v) is 5.07. The molecule has 21 heavy (non-hydrogen) atoms. The van der Waals surface area contributed by atoms with Crippen LogP contribution in [0.1, 0.15) is 24.1 Å². The Balaban J connectivity index is 1.55. The molecule has 0 saturated heterocycles. The van der Waals surface area contributed by atoms with Gasteiger partial charge in [-0.3, -0.25) is 9.36 Å². The molecular weight excluding hydrogens is 262 g/mol. The monoisotopic (exact) mass is 280 g/mol. The van der Waals surface area contributed by atoms with E-state index in [-0.39, 0.29) is 5.91 Å². The predicted octanol–water partition coefficient (Wildman–Crippen LogP) is 2.83. The molecule has 4 heteroatoms. The zero-order chi connectivity index (χ0) is 14.5. The Kier molecular flexibility index (Phi) is 4.05. The molecule has 3 aromatic rings. The summed E-state index contributed by atoms with van der Waals surface area (Å²) in [5.74, 6) is 0.113. The predicted molar refractivity (Wildman–Crippen MR) is 80.8 cm³/mol. The summed E-state index contributed by atoms with van der Waals surface area (Å²) in [4.78, 5) is 16.5. The molecule has 0 aliphatic rings. The van der Waals surface area contributed by atoms with Crippen LogP contribution in [0.15, 0.2) is 61.2 Å². The van der Waals surface area contributed by atoms with Crippen LogP contribution in [0.2, 0.25) is 0 Å². The van der Waals surface area contributed by atoms with Crippen molar-refractivity contribution in [3.05, 3.63) is 61.2 Å². The zero-order valence-electron chi connectivity index (χ0n) is 11.9. The van der Waals surface area contributed by atoms with Gasteiger partial charge in [-0.05, 0) is 18.6 Å². The van der Waals surface area contributed by atoms with Gasteiger partial charge in [0, 0.05) is 25.0 Å². The van der Waals surface area contributed by atoms with Crippen LogP contribution >= 0.6 is 0 Å². The molecule has 0 aliphatic heterocycles. The number of fused-ring (bicyclic) bond motifs is 1. The molecule has 106 valence electrons. The molecule has 0 unspecified atom stereocenters. The second-order valence-electron chi connectivity index (χ2n) is 5.07. The van der Waals surface area contributed by atoms with E-state index in [0.717, 1.165) is 30.4 Å². The molecule has 0 atom stereocenters. The number of pyridine rings is 1. The van der Waals surface area contributed by atoms with E-state index in [2.05, 4.69) is 9.55 Å². The molecule has 4 nitrogen and oxygen atoms in total. The molecule has 1 aromatic carbocycles. The molecule has 0 amide bonds. The Hall–Kier alpha value is -2.49. The van der Waals surface area contributed by atoms with Crippen molar-refractivity contribution in [2.24, 2.45) is 0 Å². The van der Waals surface area contributed by atoms with Crippen LogP contribution in [-0.2, 0) is 6.54 Å². The Morgan fingerprint density at radius 3 is 2.71 bits per heavy atom. The van der Waals surface area contributed by atoms with E-state index in [1.165, 1.54) is 0 Å². The number of para-hydroxylation sites is 2. The molecule has 0 N–H and O–H groups in total. The average Bonchev–Trinajstić information content (AvgIpc) is 2.96. The molecule has 0 radical (unpaired) electrons. The van der Waals surface area contributed by atoms with E-state index in [4.69, 9.17) is 0 Å². The smallest absolute Gasteiger partial charge is 0.232 e. The van der Waals surface area contributed by atoms with Gasteiger partial charge < -0.3 is 0 Å². The molecule has 0 spiro atoms. The van der Waals surface area contributed by atoms with Crippen molar-refractivity contribution in [2.75, 3.05) is 0 Å². The van der Waals surface area contributed by atoms with Crippen molar-refractivity contribution in [3.63, 3.8) is 0 Å². The SMILES string of the molecule is O=C(CCCC[n+]1ccccc1)n1cnc2ccccc21. The fourth-order valence-corrected chi connectivity index (χ4v) is 2.43. The van der Waals surface area contributed by atoms with Crippen molar-refractivity contribution < 1.29 is 9.36 Å². The quantitative estimate of drug-likeness (QED) is 0.532. The Morgan fingerprint density at radius 1 is 1.05 bits per heavy atom. The van der Waals surface area contributed by atoms with Gasteiger partial charge in [0.2, 0.25) is 5.91 Å². The number of aromatic nitrogens is 3. The van der Waals surface area contributed by atoms with Crippen molar-refractivity contribution in [3.8, 4) is 0 Å². The lowest BCUT2D eigenvalue weighted by molar-refractivity contribution is -0.697. The van der Waals surface area contributed by atoms with Gasteiger partial charge in [0.25, 0.3) is 0 Å². The van der Waals surface area contributed by atoms with E-state index in [9.17, 15) is 4.79 Å². The molecule has 2 heterocycles. The van der Waals surface area contributed by atoms with E-state index >= 15 is 0 Å². The summed E-state index contributed by atoms with van der Waals surface area (Å²) < 4.78 is 3.79. The topological polar surface area (TPSA) is 38.8 Å². The van der Waals surface area contributed by atoms with Gasteiger partial charge in [0.1, 0.15) is 12.9 Å². The van der Waals surface area contributed by atoms with Gasteiger partial charge in [-0.1, -0.05) is 18.2 Å². The van der Waals surface area contributed by atoms with Crippen molar-refractivity contribution in [1.82, 2.24) is 9.55 Å². The van der Waals surface area contributed by atoms with Gasteiger partial charge in [0.15, 0.2) is 12.4 Å². The Morgan fingerprint density at radius 2 is 1.86 bits per heavy atom. The van der Waals surface area contributed by atoms with E-state index < -0.39 is 0 Å². The third kappa shape index (κ3) is 3.16. The van der Waals surface area contributed by atoms with Gasteiger partial charge in [-0.25, -0.2) is 9.55 Å². The average molecular weight is 280 g/mol.